The van der Waals surface area contributed by atoms with E-state index in [-0.39, 0.29) is 0 Å². The molecule has 322 valence electrons. The fourth-order valence-corrected chi connectivity index (χ4v) is 11.3. The van der Waals surface area contributed by atoms with Gasteiger partial charge in [-0.15, -0.1) is 0 Å². The molecule has 0 spiro atoms. The predicted octanol–water partition coefficient (Wildman–Crippen LogP) is 15.4. The molecular formula is C64H41N5. The van der Waals surface area contributed by atoms with Crippen LogP contribution in [0, 0.1) is 0 Å². The van der Waals surface area contributed by atoms with Crippen molar-refractivity contribution in [2.75, 3.05) is 0 Å². The lowest BCUT2D eigenvalue weighted by Crippen LogP contribution is -2.28. The van der Waals surface area contributed by atoms with Gasteiger partial charge in [0, 0.05) is 38.4 Å². The Hall–Kier alpha value is -9.19. The number of para-hydroxylation sites is 2. The van der Waals surface area contributed by atoms with Gasteiger partial charge in [0.05, 0.1) is 27.5 Å². The second-order valence-corrected chi connectivity index (χ2v) is 17.9. The second-order valence-electron chi connectivity index (χ2n) is 17.9. The first kappa shape index (κ1) is 39.0. The van der Waals surface area contributed by atoms with Crippen LogP contribution in [0.4, 0.5) is 0 Å². The molecule has 10 aromatic carbocycles. The Morgan fingerprint density at radius 2 is 0.710 bits per heavy atom. The number of rotatable bonds is 7. The summed E-state index contributed by atoms with van der Waals surface area (Å²) in [5.74, 6) is 1.84. The minimum atomic E-state index is -0.447. The van der Waals surface area contributed by atoms with E-state index in [1.165, 1.54) is 49.7 Å². The Morgan fingerprint density at radius 1 is 0.290 bits per heavy atom. The van der Waals surface area contributed by atoms with Gasteiger partial charge in [-0.05, 0) is 93.0 Å². The average Bonchev–Trinajstić information content (AvgIpc) is 4.05. The van der Waals surface area contributed by atoms with Crippen molar-refractivity contribution in [3.63, 3.8) is 0 Å². The Balaban J connectivity index is 0.895. The number of hydrogen-bond acceptors (Lipinski definition) is 3. The fourth-order valence-electron chi connectivity index (χ4n) is 11.3. The van der Waals surface area contributed by atoms with E-state index in [2.05, 4.69) is 197 Å². The van der Waals surface area contributed by atoms with Gasteiger partial charge in [-0.2, -0.15) is 9.97 Å². The van der Waals surface area contributed by atoms with Crippen molar-refractivity contribution in [2.24, 2.45) is 0 Å². The van der Waals surface area contributed by atoms with Crippen LogP contribution in [0.5, 0.6) is 0 Å². The quantitative estimate of drug-likeness (QED) is 0.160. The maximum absolute atomic E-state index is 5.14. The molecule has 1 aliphatic rings. The molecule has 0 atom stereocenters. The van der Waals surface area contributed by atoms with Gasteiger partial charge in [-0.25, -0.2) is 4.98 Å². The highest BCUT2D eigenvalue weighted by atomic mass is 15.2. The molecule has 14 rings (SSSR count). The van der Waals surface area contributed by atoms with Gasteiger partial charge in [0.15, 0.2) is 11.6 Å². The van der Waals surface area contributed by atoms with Crippen molar-refractivity contribution in [1.82, 2.24) is 24.1 Å². The number of aromatic nitrogens is 5. The molecule has 0 amide bonds. The zero-order valence-electron chi connectivity index (χ0n) is 37.4. The van der Waals surface area contributed by atoms with Crippen molar-refractivity contribution in [3.8, 4) is 56.7 Å². The number of nitrogens with zero attached hydrogens (tertiary/aromatic N) is 5. The number of hydrogen-bond donors (Lipinski definition) is 0. The first-order valence-corrected chi connectivity index (χ1v) is 23.5. The third-order valence-corrected chi connectivity index (χ3v) is 14.3. The summed E-state index contributed by atoms with van der Waals surface area (Å²) in [5, 5.41) is 4.70. The SMILES string of the molecule is c1ccc(-c2nc(-c3ccccc3)nc(-n3c4ccccc4c4cc(-c5ccc6c(c5)c5ccccc5n6-c5ccc(C6(c7ccccc7)c7ccccc7-c7ccccc76)cc5)ccc43)n2)cc1. The molecular weight excluding hydrogens is 839 g/mol. The van der Waals surface area contributed by atoms with Gasteiger partial charge in [-0.3, -0.25) is 4.57 Å². The molecule has 5 heteroatoms. The smallest absolute Gasteiger partial charge is 0.238 e. The summed E-state index contributed by atoms with van der Waals surface area (Å²) in [4.78, 5) is 15.3. The molecule has 0 fully saturated rings. The third kappa shape index (κ3) is 5.94. The maximum atomic E-state index is 5.14. The van der Waals surface area contributed by atoms with Crippen LogP contribution in [0.2, 0.25) is 0 Å². The molecule has 5 nitrogen and oxygen atoms in total. The lowest BCUT2D eigenvalue weighted by molar-refractivity contribution is 0.768. The normalized spacial score (nSPS) is 12.8. The molecule has 0 radical (unpaired) electrons. The lowest BCUT2D eigenvalue weighted by atomic mass is 9.68. The zero-order valence-corrected chi connectivity index (χ0v) is 37.4. The standard InChI is InChI=1S/C64H41N5/c1-4-18-42(19-5-1)61-65-62(43-20-6-2-7-21-43)67-63(66-61)69-58-31-17-13-27-52(58)54-41-45(33-39-60(54)69)44-32-38-59-53(40-44)51-26-12-16-30-57(51)68(59)48-36-34-47(35-37-48)64(46-22-8-3-9-23-46)55-28-14-10-24-49(55)50-25-11-15-29-56(50)64/h1-41H. The van der Waals surface area contributed by atoms with Gasteiger partial charge >= 0.3 is 0 Å². The second kappa shape index (κ2) is 15.4. The Kier molecular flexibility index (Phi) is 8.73. The van der Waals surface area contributed by atoms with Crippen LogP contribution in [0.15, 0.2) is 249 Å². The van der Waals surface area contributed by atoms with Crippen molar-refractivity contribution in [2.45, 2.75) is 5.41 Å². The first-order valence-electron chi connectivity index (χ1n) is 23.5. The van der Waals surface area contributed by atoms with Gasteiger partial charge in [0.2, 0.25) is 5.95 Å². The van der Waals surface area contributed by atoms with Crippen molar-refractivity contribution >= 4 is 43.6 Å². The molecule has 1 aliphatic carbocycles. The molecule has 0 aliphatic heterocycles. The third-order valence-electron chi connectivity index (χ3n) is 14.3. The highest BCUT2D eigenvalue weighted by Crippen LogP contribution is 2.56. The van der Waals surface area contributed by atoms with E-state index in [4.69, 9.17) is 15.0 Å². The first-order chi connectivity index (χ1) is 34.2. The monoisotopic (exact) mass is 879 g/mol. The molecule has 0 bridgehead atoms. The summed E-state index contributed by atoms with van der Waals surface area (Å²) < 4.78 is 4.60. The summed E-state index contributed by atoms with van der Waals surface area (Å²) in [6, 6.07) is 89.5. The zero-order chi connectivity index (χ0) is 45.5. The lowest BCUT2D eigenvalue weighted by Gasteiger charge is -2.34. The van der Waals surface area contributed by atoms with E-state index < -0.39 is 5.41 Å². The van der Waals surface area contributed by atoms with Gasteiger partial charge < -0.3 is 4.57 Å². The highest BCUT2D eigenvalue weighted by Gasteiger charge is 2.45. The summed E-state index contributed by atoms with van der Waals surface area (Å²) in [6.07, 6.45) is 0. The molecule has 0 saturated heterocycles. The molecule has 0 N–H and O–H groups in total. The fraction of sp³-hybridized carbons (Fsp3) is 0.0156. The Labute approximate surface area is 398 Å². The van der Waals surface area contributed by atoms with E-state index in [0.717, 1.165) is 55.3 Å². The summed E-state index contributed by atoms with van der Waals surface area (Å²) >= 11 is 0. The molecule has 3 aromatic heterocycles. The topological polar surface area (TPSA) is 48.5 Å². The van der Waals surface area contributed by atoms with Gasteiger partial charge in [-0.1, -0.05) is 200 Å². The van der Waals surface area contributed by atoms with E-state index in [1.807, 2.05) is 60.7 Å². The molecule has 0 saturated carbocycles. The van der Waals surface area contributed by atoms with E-state index in [9.17, 15) is 0 Å². The Bertz CT molecular complexity index is 4010. The molecule has 3 heterocycles. The number of benzene rings is 10. The van der Waals surface area contributed by atoms with Crippen LogP contribution in [0.3, 0.4) is 0 Å². The summed E-state index contributed by atoms with van der Waals surface area (Å²) in [7, 11) is 0. The van der Waals surface area contributed by atoms with Crippen LogP contribution in [0.1, 0.15) is 22.3 Å². The maximum Gasteiger partial charge on any atom is 0.238 e. The average molecular weight is 880 g/mol. The largest absolute Gasteiger partial charge is 0.309 e. The molecule has 13 aromatic rings. The van der Waals surface area contributed by atoms with Crippen LogP contribution in [0.25, 0.3) is 100 Å². The minimum absolute atomic E-state index is 0.447. The van der Waals surface area contributed by atoms with Gasteiger partial charge in [0.1, 0.15) is 0 Å². The van der Waals surface area contributed by atoms with Crippen LogP contribution >= 0.6 is 0 Å². The van der Waals surface area contributed by atoms with Crippen molar-refractivity contribution in [3.05, 3.63) is 271 Å². The minimum Gasteiger partial charge on any atom is -0.309 e. The molecule has 0 unspecified atom stereocenters. The van der Waals surface area contributed by atoms with Crippen LogP contribution < -0.4 is 0 Å². The predicted molar refractivity (Wildman–Crippen MR) is 282 cm³/mol. The van der Waals surface area contributed by atoms with Crippen molar-refractivity contribution < 1.29 is 0 Å². The summed E-state index contributed by atoms with van der Waals surface area (Å²) in [6.45, 7) is 0. The van der Waals surface area contributed by atoms with Gasteiger partial charge in [0.25, 0.3) is 0 Å². The molecule has 69 heavy (non-hydrogen) atoms. The van der Waals surface area contributed by atoms with E-state index in [1.54, 1.807) is 0 Å². The van der Waals surface area contributed by atoms with E-state index in [0.29, 0.717) is 17.6 Å². The van der Waals surface area contributed by atoms with E-state index >= 15 is 0 Å². The number of fused-ring (bicyclic) bond motifs is 9. The van der Waals surface area contributed by atoms with Crippen LogP contribution in [-0.2, 0) is 5.41 Å². The van der Waals surface area contributed by atoms with Crippen molar-refractivity contribution in [1.29, 1.82) is 0 Å². The van der Waals surface area contributed by atoms with Crippen LogP contribution in [-0.4, -0.2) is 24.1 Å². The Morgan fingerprint density at radius 3 is 1.26 bits per heavy atom. The highest BCUT2D eigenvalue weighted by molar-refractivity contribution is 6.12. The summed E-state index contributed by atoms with van der Waals surface area (Å²) in [5.41, 5.74) is 17.0.